The molecule has 1 fully saturated rings. The molecule has 0 amide bonds. The topological polar surface area (TPSA) is 23.5 Å². The first kappa shape index (κ1) is 18.4. The number of alkyl halides is 3. The van der Waals surface area contributed by atoms with Crippen LogP contribution < -0.4 is 0 Å². The summed E-state index contributed by atoms with van der Waals surface area (Å²) in [6.45, 7) is 1.75. The van der Waals surface area contributed by atoms with E-state index in [2.05, 4.69) is 0 Å². The first-order chi connectivity index (χ1) is 11.8. The lowest BCUT2D eigenvalue weighted by Crippen LogP contribution is -2.35. The zero-order chi connectivity index (χ0) is 18.0. The van der Waals surface area contributed by atoms with Crippen molar-refractivity contribution in [2.24, 2.45) is 5.92 Å². The second kappa shape index (κ2) is 7.43. The van der Waals surface area contributed by atoms with Crippen LogP contribution in [0.15, 0.2) is 35.7 Å². The molecule has 1 N–H and O–H groups in total. The van der Waals surface area contributed by atoms with Crippen LogP contribution in [-0.4, -0.2) is 23.1 Å². The molecule has 0 saturated carbocycles. The van der Waals surface area contributed by atoms with Gasteiger partial charge in [-0.3, -0.25) is 4.90 Å². The Bertz CT molecular complexity index is 694. The molecule has 136 valence electrons. The van der Waals surface area contributed by atoms with Gasteiger partial charge < -0.3 is 5.11 Å². The van der Waals surface area contributed by atoms with Crippen LogP contribution >= 0.6 is 11.3 Å². The maximum Gasteiger partial charge on any atom is 0.419 e. The Hall–Kier alpha value is -1.44. The molecule has 25 heavy (non-hydrogen) atoms. The van der Waals surface area contributed by atoms with Gasteiger partial charge in [-0.05, 0) is 61.0 Å². The lowest BCUT2D eigenvalue weighted by Gasteiger charge is -2.34. The fourth-order valence-electron chi connectivity index (χ4n) is 3.26. The minimum absolute atomic E-state index is 0.161. The van der Waals surface area contributed by atoms with Crippen molar-refractivity contribution in [3.63, 3.8) is 0 Å². The Labute approximate surface area is 147 Å². The summed E-state index contributed by atoms with van der Waals surface area (Å²) in [4.78, 5) is 3.00. The van der Waals surface area contributed by atoms with Gasteiger partial charge in [0.1, 0.15) is 5.82 Å². The second-order valence-corrected chi connectivity index (χ2v) is 7.37. The minimum Gasteiger partial charge on any atom is -0.387 e. The van der Waals surface area contributed by atoms with E-state index in [-0.39, 0.29) is 5.92 Å². The number of benzene rings is 1. The number of nitrogens with zero attached hydrogens (tertiary/aromatic N) is 1. The Morgan fingerprint density at radius 2 is 1.92 bits per heavy atom. The van der Waals surface area contributed by atoms with Gasteiger partial charge in [-0.1, -0.05) is 12.1 Å². The summed E-state index contributed by atoms with van der Waals surface area (Å²) in [7, 11) is 0. The van der Waals surface area contributed by atoms with Crippen LogP contribution in [0, 0.1) is 11.7 Å². The maximum absolute atomic E-state index is 13.4. The first-order valence-electron chi connectivity index (χ1n) is 8.14. The molecule has 1 aromatic carbocycles. The van der Waals surface area contributed by atoms with Gasteiger partial charge in [-0.15, -0.1) is 11.3 Å². The van der Waals surface area contributed by atoms with Crippen molar-refractivity contribution >= 4 is 11.3 Å². The van der Waals surface area contributed by atoms with Crippen molar-refractivity contribution < 1.29 is 22.7 Å². The van der Waals surface area contributed by atoms with Crippen LogP contribution in [-0.2, 0) is 12.7 Å². The zero-order valence-electron chi connectivity index (χ0n) is 13.5. The molecule has 3 rings (SSSR count). The molecular formula is C18H19F4NOS. The third kappa shape index (κ3) is 4.40. The number of aliphatic hydroxyl groups is 1. The molecule has 0 spiro atoms. The van der Waals surface area contributed by atoms with Gasteiger partial charge in [0, 0.05) is 11.4 Å². The molecule has 1 saturated heterocycles. The highest BCUT2D eigenvalue weighted by Gasteiger charge is 2.34. The number of rotatable bonds is 4. The molecule has 2 heterocycles. The highest BCUT2D eigenvalue weighted by Crippen LogP contribution is 2.34. The number of piperidine rings is 1. The van der Waals surface area contributed by atoms with Gasteiger partial charge in [-0.25, -0.2) is 4.39 Å². The summed E-state index contributed by atoms with van der Waals surface area (Å²) in [5.41, 5.74) is -0.765. The summed E-state index contributed by atoms with van der Waals surface area (Å²) in [5, 5.41) is 12.3. The van der Waals surface area contributed by atoms with E-state index in [0.29, 0.717) is 25.2 Å². The Morgan fingerprint density at radius 1 is 1.20 bits per heavy atom. The number of aliphatic hydroxyl groups excluding tert-OH is 1. The normalized spacial score (nSPS) is 18.4. The Morgan fingerprint density at radius 3 is 2.52 bits per heavy atom. The van der Waals surface area contributed by atoms with Crippen LogP contribution in [0.2, 0.25) is 0 Å². The van der Waals surface area contributed by atoms with E-state index in [0.717, 1.165) is 29.9 Å². The summed E-state index contributed by atoms with van der Waals surface area (Å²) >= 11 is 1.53. The van der Waals surface area contributed by atoms with E-state index in [1.807, 2.05) is 22.4 Å². The average Bonchev–Trinajstić information content (AvgIpc) is 3.10. The number of halogens is 4. The van der Waals surface area contributed by atoms with Crippen molar-refractivity contribution in [3.05, 3.63) is 57.5 Å². The second-order valence-electron chi connectivity index (χ2n) is 6.39. The molecular weight excluding hydrogens is 354 g/mol. The highest BCUT2D eigenvalue weighted by atomic mass is 32.1. The average molecular weight is 373 g/mol. The first-order valence-corrected chi connectivity index (χ1v) is 9.02. The zero-order valence-corrected chi connectivity index (χ0v) is 14.3. The SMILES string of the molecule is OC(c1cccs1)C1CCN(Cc2ccc(F)c(C(F)(F)F)c2)CC1. The molecule has 0 bridgehead atoms. The van der Waals surface area contributed by atoms with E-state index < -0.39 is 23.7 Å². The summed E-state index contributed by atoms with van der Waals surface area (Å²) in [6, 6.07) is 6.99. The summed E-state index contributed by atoms with van der Waals surface area (Å²) < 4.78 is 51.8. The van der Waals surface area contributed by atoms with E-state index in [1.54, 1.807) is 0 Å². The van der Waals surface area contributed by atoms with Crippen LogP contribution in [0.1, 0.15) is 34.9 Å². The molecule has 0 aliphatic carbocycles. The van der Waals surface area contributed by atoms with Crippen molar-refractivity contribution in [3.8, 4) is 0 Å². The quantitative estimate of drug-likeness (QED) is 0.775. The van der Waals surface area contributed by atoms with Crippen molar-refractivity contribution in [1.82, 2.24) is 4.90 Å². The van der Waals surface area contributed by atoms with Gasteiger partial charge in [0.05, 0.1) is 11.7 Å². The van der Waals surface area contributed by atoms with Crippen LogP contribution in [0.25, 0.3) is 0 Å². The minimum atomic E-state index is -4.68. The Balaban J connectivity index is 1.59. The van der Waals surface area contributed by atoms with Gasteiger partial charge in [0.15, 0.2) is 0 Å². The molecule has 7 heteroatoms. The van der Waals surface area contributed by atoms with E-state index >= 15 is 0 Å². The maximum atomic E-state index is 13.4. The smallest absolute Gasteiger partial charge is 0.387 e. The fourth-order valence-corrected chi connectivity index (χ4v) is 4.07. The molecule has 1 aliphatic heterocycles. The van der Waals surface area contributed by atoms with Gasteiger partial charge >= 0.3 is 6.18 Å². The number of hydrogen-bond donors (Lipinski definition) is 1. The molecule has 0 radical (unpaired) electrons. The lowest BCUT2D eigenvalue weighted by atomic mass is 9.90. The predicted molar refractivity (Wildman–Crippen MR) is 88.7 cm³/mol. The molecule has 1 unspecified atom stereocenters. The van der Waals surface area contributed by atoms with Gasteiger partial charge in [0.2, 0.25) is 0 Å². The molecule has 2 aromatic rings. The monoisotopic (exact) mass is 373 g/mol. The van der Waals surface area contributed by atoms with Gasteiger partial charge in [0.25, 0.3) is 0 Å². The van der Waals surface area contributed by atoms with E-state index in [4.69, 9.17) is 0 Å². The highest BCUT2D eigenvalue weighted by molar-refractivity contribution is 7.10. The van der Waals surface area contributed by atoms with E-state index in [9.17, 15) is 22.7 Å². The van der Waals surface area contributed by atoms with Crippen LogP contribution in [0.4, 0.5) is 17.6 Å². The number of thiophene rings is 1. The lowest BCUT2D eigenvalue weighted by molar-refractivity contribution is -0.140. The third-order valence-electron chi connectivity index (χ3n) is 4.66. The number of hydrogen-bond acceptors (Lipinski definition) is 3. The third-order valence-corrected chi connectivity index (χ3v) is 5.60. The van der Waals surface area contributed by atoms with Crippen molar-refractivity contribution in [1.29, 1.82) is 0 Å². The summed E-state index contributed by atoms with van der Waals surface area (Å²) in [5.74, 6) is -1.08. The Kier molecular flexibility index (Phi) is 5.46. The van der Waals surface area contributed by atoms with Crippen LogP contribution in [0.5, 0.6) is 0 Å². The standard InChI is InChI=1S/C18H19F4NOS/c19-15-4-3-12(10-14(15)18(20,21)22)11-23-7-5-13(6-8-23)17(24)16-2-1-9-25-16/h1-4,9-10,13,17,24H,5-8,11H2. The number of likely N-dealkylation sites (tertiary alicyclic amines) is 1. The largest absolute Gasteiger partial charge is 0.419 e. The van der Waals surface area contributed by atoms with Gasteiger partial charge in [-0.2, -0.15) is 13.2 Å². The van der Waals surface area contributed by atoms with Crippen molar-refractivity contribution in [2.75, 3.05) is 13.1 Å². The molecule has 1 atom stereocenters. The molecule has 1 aromatic heterocycles. The predicted octanol–water partition coefficient (Wildman–Crippen LogP) is 4.85. The van der Waals surface area contributed by atoms with Crippen LogP contribution in [0.3, 0.4) is 0 Å². The summed E-state index contributed by atoms with van der Waals surface area (Å²) in [6.07, 6.45) is -3.60. The van der Waals surface area contributed by atoms with E-state index in [1.165, 1.54) is 17.4 Å². The van der Waals surface area contributed by atoms with Crippen molar-refractivity contribution in [2.45, 2.75) is 31.7 Å². The molecule has 1 aliphatic rings. The fraction of sp³-hybridized carbons (Fsp3) is 0.444. The molecule has 2 nitrogen and oxygen atoms in total.